The van der Waals surface area contributed by atoms with Crippen molar-refractivity contribution in [3.05, 3.63) is 12.2 Å². The van der Waals surface area contributed by atoms with Crippen molar-refractivity contribution in [2.45, 2.75) is 49.3 Å². The van der Waals surface area contributed by atoms with Crippen molar-refractivity contribution in [3.63, 3.8) is 0 Å². The second-order valence-corrected chi connectivity index (χ2v) is 7.70. The Hall–Kier alpha value is -0.160. The average Bonchev–Trinajstić information content (AvgIpc) is 3.26. The predicted molar refractivity (Wildman–Crippen MR) is 88.3 cm³/mol. The third-order valence-corrected chi connectivity index (χ3v) is 5.21. The SMILES string of the molecule is O=S(=O)(O)O[C@H]1[C@@H](O)[C@@H](CO)O[C@@H](OCCN=C([O-])[C@@H]2C[C@H]3C=C[C@@H]2O3)[C@@H]1O.[Na+]. The van der Waals surface area contributed by atoms with E-state index in [0.29, 0.717) is 6.42 Å². The molecule has 0 amide bonds. The molecule has 8 atom stereocenters. The fourth-order valence-corrected chi connectivity index (χ4v) is 3.91. The average molecular weight is 447 g/mol. The van der Waals surface area contributed by atoms with Crippen LogP contribution in [0.3, 0.4) is 0 Å². The van der Waals surface area contributed by atoms with Gasteiger partial charge in [0.15, 0.2) is 6.29 Å². The zero-order valence-corrected chi connectivity index (χ0v) is 18.4. The van der Waals surface area contributed by atoms with Crippen molar-refractivity contribution in [2.24, 2.45) is 10.9 Å². The zero-order chi connectivity index (χ0) is 20.5. The first kappa shape index (κ1) is 25.1. The molecule has 0 radical (unpaired) electrons. The van der Waals surface area contributed by atoms with Gasteiger partial charge >= 0.3 is 40.0 Å². The first-order chi connectivity index (χ1) is 13.2. The van der Waals surface area contributed by atoms with E-state index in [4.69, 9.17) is 18.8 Å². The molecule has 29 heavy (non-hydrogen) atoms. The van der Waals surface area contributed by atoms with Crippen LogP contribution in [0, 0.1) is 5.92 Å². The monoisotopic (exact) mass is 447 g/mol. The molecule has 2 fully saturated rings. The summed E-state index contributed by atoms with van der Waals surface area (Å²) in [4.78, 5) is 3.89. The molecule has 3 aliphatic heterocycles. The van der Waals surface area contributed by atoms with E-state index in [9.17, 15) is 28.8 Å². The van der Waals surface area contributed by atoms with Gasteiger partial charge in [-0.3, -0.25) is 4.55 Å². The Morgan fingerprint density at radius 1 is 1.24 bits per heavy atom. The first-order valence-corrected chi connectivity index (χ1v) is 10.0. The van der Waals surface area contributed by atoms with E-state index < -0.39 is 47.7 Å². The summed E-state index contributed by atoms with van der Waals surface area (Å²) >= 11 is 0. The van der Waals surface area contributed by atoms with E-state index in [1.807, 2.05) is 12.2 Å². The van der Waals surface area contributed by atoms with E-state index in [0.717, 1.165) is 0 Å². The third-order valence-electron chi connectivity index (χ3n) is 4.74. The van der Waals surface area contributed by atoms with Crippen molar-refractivity contribution in [3.8, 4) is 0 Å². The molecule has 0 aromatic heterocycles. The van der Waals surface area contributed by atoms with Crippen LogP contribution in [0.2, 0.25) is 0 Å². The number of nitrogens with zero attached hydrogens (tertiary/aromatic N) is 1. The smallest absolute Gasteiger partial charge is 0.862 e. The van der Waals surface area contributed by atoms with Gasteiger partial charge in [-0.2, -0.15) is 8.42 Å². The number of aliphatic hydroxyl groups is 3. The first-order valence-electron chi connectivity index (χ1n) is 8.64. The Balaban J connectivity index is 0.00000300. The van der Waals surface area contributed by atoms with E-state index >= 15 is 0 Å². The second-order valence-electron chi connectivity index (χ2n) is 6.65. The van der Waals surface area contributed by atoms with Crippen molar-refractivity contribution < 1.29 is 81.3 Å². The van der Waals surface area contributed by atoms with E-state index in [2.05, 4.69) is 9.18 Å². The molecule has 3 rings (SSSR count). The minimum atomic E-state index is -4.99. The zero-order valence-electron chi connectivity index (χ0n) is 15.6. The Morgan fingerprint density at radius 3 is 2.52 bits per heavy atom. The molecule has 12 nitrogen and oxygen atoms in total. The van der Waals surface area contributed by atoms with Crippen LogP contribution in [0.4, 0.5) is 0 Å². The van der Waals surface area contributed by atoms with Gasteiger partial charge in [-0.1, -0.05) is 12.2 Å². The largest absolute Gasteiger partial charge is 1.00 e. The van der Waals surface area contributed by atoms with Gasteiger partial charge in [0.2, 0.25) is 0 Å². The van der Waals surface area contributed by atoms with Crippen molar-refractivity contribution in [2.75, 3.05) is 19.8 Å². The Kier molecular flexibility index (Phi) is 9.03. The minimum Gasteiger partial charge on any atom is -0.862 e. The van der Waals surface area contributed by atoms with E-state index in [1.165, 1.54) is 0 Å². The molecule has 0 unspecified atom stereocenters. The molecular formula is C15H22NNaO11S. The van der Waals surface area contributed by atoms with Gasteiger partial charge in [0.05, 0.1) is 32.0 Å². The summed E-state index contributed by atoms with van der Waals surface area (Å²) in [6.45, 7) is -0.948. The molecule has 3 aliphatic rings. The van der Waals surface area contributed by atoms with Crippen LogP contribution in [0.15, 0.2) is 17.1 Å². The van der Waals surface area contributed by atoms with E-state index in [1.54, 1.807) is 0 Å². The maximum atomic E-state index is 12.1. The number of aliphatic hydroxyl groups excluding tert-OH is 3. The number of fused-ring (bicyclic) bond motifs is 2. The predicted octanol–water partition coefficient (Wildman–Crippen LogP) is -6.26. The van der Waals surface area contributed by atoms with Crippen LogP contribution in [-0.4, -0.2) is 96.9 Å². The minimum absolute atomic E-state index is 0. The van der Waals surface area contributed by atoms with Gasteiger partial charge < -0.3 is 39.6 Å². The normalized spacial score (nSPS) is 39.5. The molecule has 0 aromatic rings. The Bertz CT molecular complexity index is 717. The molecular weight excluding hydrogens is 425 g/mol. The summed E-state index contributed by atoms with van der Waals surface area (Å²) in [6.07, 6.45) is -4.18. The van der Waals surface area contributed by atoms with E-state index in [-0.39, 0.29) is 66.7 Å². The summed E-state index contributed by atoms with van der Waals surface area (Å²) in [5.74, 6) is -0.671. The van der Waals surface area contributed by atoms with Gasteiger partial charge in [0.1, 0.15) is 24.4 Å². The van der Waals surface area contributed by atoms with Gasteiger partial charge in [-0.15, -0.1) is 0 Å². The topological polar surface area (TPSA) is 187 Å². The van der Waals surface area contributed by atoms with Crippen molar-refractivity contribution in [1.29, 1.82) is 0 Å². The summed E-state index contributed by atoms with van der Waals surface area (Å²) < 4.78 is 50.8. The molecule has 2 bridgehead atoms. The molecule has 0 aromatic carbocycles. The quantitative estimate of drug-likeness (QED) is 0.0692. The second kappa shape index (κ2) is 10.4. The molecule has 2 saturated heterocycles. The van der Waals surface area contributed by atoms with Gasteiger partial charge in [0, 0.05) is 5.92 Å². The van der Waals surface area contributed by atoms with Gasteiger partial charge in [-0.05, 0) is 12.3 Å². The van der Waals surface area contributed by atoms with Crippen LogP contribution in [0.1, 0.15) is 6.42 Å². The van der Waals surface area contributed by atoms with Crippen LogP contribution in [0.25, 0.3) is 0 Å². The number of ether oxygens (including phenoxy) is 3. The number of rotatable bonds is 8. The third kappa shape index (κ3) is 6.18. The summed E-state index contributed by atoms with van der Waals surface area (Å²) in [6, 6.07) is 0. The molecule has 3 heterocycles. The number of hydrogen-bond donors (Lipinski definition) is 4. The fraction of sp³-hybridized carbons (Fsp3) is 0.800. The molecule has 0 saturated carbocycles. The van der Waals surface area contributed by atoms with Crippen LogP contribution in [0.5, 0.6) is 0 Å². The standard InChI is InChI=1S/C15H23NO11S.Na/c17-6-10-11(18)13(27-28(21,22)23)12(19)15(26-10)24-4-3-16-14(20)8-5-7-1-2-9(8)25-7;/h1-2,7-13,15,17-19H,3-6H2,(H,16,20)(H,21,22,23);/q;+1/p-1/t7-,8-,9+,10-,11+,12-,13+,15-;/m1./s1. The van der Waals surface area contributed by atoms with Crippen LogP contribution >= 0.6 is 0 Å². The molecule has 14 heteroatoms. The molecule has 160 valence electrons. The van der Waals surface area contributed by atoms with Crippen molar-refractivity contribution in [1.82, 2.24) is 0 Å². The maximum Gasteiger partial charge on any atom is 1.00 e. The summed E-state index contributed by atoms with van der Waals surface area (Å²) in [7, 11) is -4.99. The Labute approximate surface area is 189 Å². The molecule has 0 aliphatic carbocycles. The Morgan fingerprint density at radius 2 is 1.97 bits per heavy atom. The fourth-order valence-electron chi connectivity index (χ4n) is 3.40. The molecule has 4 N–H and O–H groups in total. The number of aliphatic imine (C=N–C) groups is 1. The maximum absolute atomic E-state index is 12.1. The van der Waals surface area contributed by atoms with Gasteiger partial charge in [-0.25, -0.2) is 4.18 Å². The van der Waals surface area contributed by atoms with Crippen LogP contribution in [-0.2, 0) is 28.8 Å². The number of hydrogen-bond acceptors (Lipinski definition) is 11. The van der Waals surface area contributed by atoms with Crippen LogP contribution < -0.4 is 34.7 Å². The molecule has 0 spiro atoms. The van der Waals surface area contributed by atoms with Gasteiger partial charge in [0.25, 0.3) is 0 Å². The summed E-state index contributed by atoms with van der Waals surface area (Å²) in [5, 5.41) is 41.4. The summed E-state index contributed by atoms with van der Waals surface area (Å²) in [5.41, 5.74) is 0. The van der Waals surface area contributed by atoms with Crippen molar-refractivity contribution >= 4 is 16.3 Å².